The third kappa shape index (κ3) is 4.76. The number of hydrogen-bond donors (Lipinski definition) is 0. The van der Waals surface area contributed by atoms with Crippen LogP contribution in [0.2, 0.25) is 0 Å². The summed E-state index contributed by atoms with van der Waals surface area (Å²) in [6, 6.07) is 3.31. The van der Waals surface area contributed by atoms with Gasteiger partial charge in [0.2, 0.25) is 10.0 Å². The van der Waals surface area contributed by atoms with Crippen LogP contribution in [-0.4, -0.2) is 56.3 Å². The minimum atomic E-state index is -3.45. The van der Waals surface area contributed by atoms with Crippen LogP contribution >= 0.6 is 0 Å². The fraction of sp³-hybridized carbons (Fsp3) is 0.688. The molecule has 0 aliphatic heterocycles. The van der Waals surface area contributed by atoms with Crippen molar-refractivity contribution in [2.75, 3.05) is 33.7 Å². The monoisotopic (exact) mass is 325 g/mol. The summed E-state index contributed by atoms with van der Waals surface area (Å²) in [4.78, 5) is 6.28. The maximum absolute atomic E-state index is 12.9. The quantitative estimate of drug-likeness (QED) is 0.771. The first-order chi connectivity index (χ1) is 10.5. The molecule has 0 unspecified atom stereocenters. The van der Waals surface area contributed by atoms with E-state index in [-0.39, 0.29) is 0 Å². The van der Waals surface area contributed by atoms with Gasteiger partial charge in [0.1, 0.15) is 4.90 Å². The summed E-state index contributed by atoms with van der Waals surface area (Å²) in [5.74, 6) is 0.488. The van der Waals surface area contributed by atoms with E-state index in [9.17, 15) is 8.42 Å². The fourth-order valence-corrected chi connectivity index (χ4v) is 4.40. The summed E-state index contributed by atoms with van der Waals surface area (Å²) in [6.07, 6.45) is 9.05. The van der Waals surface area contributed by atoms with Crippen molar-refractivity contribution in [1.82, 2.24) is 14.2 Å². The lowest BCUT2D eigenvalue weighted by atomic mass is 9.89. The van der Waals surface area contributed by atoms with Crippen molar-refractivity contribution in [2.45, 2.75) is 37.0 Å². The Bertz CT molecular complexity index is 540. The van der Waals surface area contributed by atoms with Crippen LogP contribution in [0.1, 0.15) is 32.1 Å². The third-order valence-corrected chi connectivity index (χ3v) is 6.10. The van der Waals surface area contributed by atoms with E-state index in [2.05, 4.69) is 4.98 Å². The molecule has 0 radical (unpaired) electrons. The molecule has 0 N–H and O–H groups in total. The van der Waals surface area contributed by atoms with Gasteiger partial charge in [-0.25, -0.2) is 8.42 Å². The standard InChI is InChI=1S/C16H27N3O2S/c1-18(2)11-12-19(14-15-7-4-3-5-8-15)22(20,21)16-9-6-10-17-13-16/h6,9-10,13,15H,3-5,7-8,11-12,14H2,1-2H3. The molecular weight excluding hydrogens is 298 g/mol. The molecule has 1 heterocycles. The van der Waals surface area contributed by atoms with Crippen molar-refractivity contribution in [1.29, 1.82) is 0 Å². The predicted molar refractivity (Wildman–Crippen MR) is 88.1 cm³/mol. The van der Waals surface area contributed by atoms with Crippen LogP contribution in [0.5, 0.6) is 0 Å². The summed E-state index contributed by atoms with van der Waals surface area (Å²) in [7, 11) is 0.484. The van der Waals surface area contributed by atoms with Gasteiger partial charge in [0.05, 0.1) is 0 Å². The van der Waals surface area contributed by atoms with E-state index < -0.39 is 10.0 Å². The second-order valence-corrected chi connectivity index (χ2v) is 8.30. The third-order valence-electron chi connectivity index (χ3n) is 4.26. The molecule has 5 nitrogen and oxygen atoms in total. The van der Waals surface area contributed by atoms with E-state index in [0.717, 1.165) is 19.4 Å². The first kappa shape index (κ1) is 17.4. The van der Waals surface area contributed by atoms with Gasteiger partial charge in [0.15, 0.2) is 0 Å². The predicted octanol–water partition coefficient (Wildman–Crippen LogP) is 2.21. The molecule has 0 spiro atoms. The van der Waals surface area contributed by atoms with Crippen molar-refractivity contribution in [2.24, 2.45) is 5.92 Å². The Morgan fingerprint density at radius 2 is 1.91 bits per heavy atom. The highest BCUT2D eigenvalue weighted by molar-refractivity contribution is 7.89. The van der Waals surface area contributed by atoms with Crippen molar-refractivity contribution in [3.8, 4) is 0 Å². The molecule has 1 aromatic rings. The van der Waals surface area contributed by atoms with Gasteiger partial charge < -0.3 is 4.90 Å². The Labute approximate surface area is 134 Å². The second-order valence-electron chi connectivity index (χ2n) is 6.36. The minimum Gasteiger partial charge on any atom is -0.308 e. The van der Waals surface area contributed by atoms with E-state index in [4.69, 9.17) is 0 Å². The van der Waals surface area contributed by atoms with Crippen molar-refractivity contribution in [3.63, 3.8) is 0 Å². The van der Waals surface area contributed by atoms with E-state index in [1.165, 1.54) is 25.5 Å². The minimum absolute atomic E-state index is 0.296. The highest BCUT2D eigenvalue weighted by Gasteiger charge is 2.27. The largest absolute Gasteiger partial charge is 0.308 e. The molecule has 1 saturated carbocycles. The Kier molecular flexibility index (Phi) is 6.35. The van der Waals surface area contributed by atoms with E-state index >= 15 is 0 Å². The summed E-state index contributed by atoms with van der Waals surface area (Å²) < 4.78 is 27.4. The Morgan fingerprint density at radius 3 is 2.50 bits per heavy atom. The van der Waals surface area contributed by atoms with E-state index in [0.29, 0.717) is 23.9 Å². The van der Waals surface area contributed by atoms with Crippen LogP contribution in [0.3, 0.4) is 0 Å². The van der Waals surface area contributed by atoms with Crippen LogP contribution in [-0.2, 0) is 10.0 Å². The van der Waals surface area contributed by atoms with Gasteiger partial charge in [0.25, 0.3) is 0 Å². The molecule has 0 amide bonds. The molecule has 22 heavy (non-hydrogen) atoms. The maximum atomic E-state index is 12.9. The lowest BCUT2D eigenvalue weighted by molar-refractivity contribution is 0.261. The lowest BCUT2D eigenvalue weighted by Crippen LogP contribution is -2.40. The maximum Gasteiger partial charge on any atom is 0.244 e. The molecule has 0 bridgehead atoms. The van der Waals surface area contributed by atoms with Gasteiger partial charge in [-0.3, -0.25) is 4.98 Å². The molecule has 0 aromatic carbocycles. The zero-order valence-corrected chi connectivity index (χ0v) is 14.4. The average Bonchev–Trinajstić information content (AvgIpc) is 2.53. The molecule has 6 heteroatoms. The number of sulfonamides is 1. The Morgan fingerprint density at radius 1 is 1.18 bits per heavy atom. The van der Waals surface area contributed by atoms with Crippen molar-refractivity contribution < 1.29 is 8.42 Å². The highest BCUT2D eigenvalue weighted by atomic mass is 32.2. The van der Waals surface area contributed by atoms with E-state index in [1.807, 2.05) is 19.0 Å². The summed E-state index contributed by atoms with van der Waals surface area (Å²) in [6.45, 7) is 1.89. The SMILES string of the molecule is CN(C)CCN(CC1CCCCC1)S(=O)(=O)c1cccnc1. The number of likely N-dealkylation sites (N-methyl/N-ethyl adjacent to an activating group) is 1. The lowest BCUT2D eigenvalue weighted by Gasteiger charge is -2.30. The van der Waals surface area contributed by atoms with Crippen LogP contribution < -0.4 is 0 Å². The molecule has 0 saturated heterocycles. The zero-order valence-electron chi connectivity index (χ0n) is 13.6. The smallest absolute Gasteiger partial charge is 0.244 e. The molecule has 1 aliphatic carbocycles. The molecule has 2 rings (SSSR count). The Balaban J connectivity index is 2.15. The number of aromatic nitrogens is 1. The van der Waals surface area contributed by atoms with Gasteiger partial charge in [0, 0.05) is 32.0 Å². The molecule has 1 aliphatic rings. The van der Waals surface area contributed by atoms with Gasteiger partial charge in [-0.05, 0) is 45.0 Å². The van der Waals surface area contributed by atoms with Crippen LogP contribution in [0.4, 0.5) is 0 Å². The number of hydrogen-bond acceptors (Lipinski definition) is 4. The normalized spacial score (nSPS) is 17.3. The van der Waals surface area contributed by atoms with Gasteiger partial charge >= 0.3 is 0 Å². The second kappa shape index (κ2) is 8.04. The van der Waals surface area contributed by atoms with Crippen molar-refractivity contribution >= 4 is 10.0 Å². The first-order valence-electron chi connectivity index (χ1n) is 8.05. The summed E-state index contributed by atoms with van der Waals surface area (Å²) in [5, 5.41) is 0. The zero-order chi connectivity index (χ0) is 16.0. The topological polar surface area (TPSA) is 53.5 Å². The van der Waals surface area contributed by atoms with Crippen LogP contribution in [0.15, 0.2) is 29.4 Å². The summed E-state index contributed by atoms with van der Waals surface area (Å²) in [5.41, 5.74) is 0. The van der Waals surface area contributed by atoms with Crippen LogP contribution in [0, 0.1) is 5.92 Å². The Hall–Kier alpha value is -0.980. The highest BCUT2D eigenvalue weighted by Crippen LogP contribution is 2.26. The van der Waals surface area contributed by atoms with Crippen LogP contribution in [0.25, 0.3) is 0 Å². The molecular formula is C16H27N3O2S. The first-order valence-corrected chi connectivity index (χ1v) is 9.49. The molecule has 124 valence electrons. The van der Waals surface area contributed by atoms with E-state index in [1.54, 1.807) is 22.6 Å². The molecule has 1 aromatic heterocycles. The van der Waals surface area contributed by atoms with Gasteiger partial charge in [-0.2, -0.15) is 4.31 Å². The number of pyridine rings is 1. The van der Waals surface area contributed by atoms with Gasteiger partial charge in [-0.15, -0.1) is 0 Å². The molecule has 1 fully saturated rings. The number of nitrogens with zero attached hydrogens (tertiary/aromatic N) is 3. The van der Waals surface area contributed by atoms with Gasteiger partial charge in [-0.1, -0.05) is 19.3 Å². The average molecular weight is 325 g/mol. The molecule has 0 atom stereocenters. The summed E-state index contributed by atoms with van der Waals surface area (Å²) >= 11 is 0. The fourth-order valence-electron chi connectivity index (χ4n) is 2.93. The van der Waals surface area contributed by atoms with Crippen molar-refractivity contribution in [3.05, 3.63) is 24.5 Å². The number of rotatable bonds is 7.